The molecule has 1 N–H and O–H groups in total. The average molecular weight is 303 g/mol. The fourth-order valence-electron chi connectivity index (χ4n) is 2.74. The predicted molar refractivity (Wildman–Crippen MR) is 85.4 cm³/mol. The molecule has 1 heterocycles. The molecule has 1 aliphatic rings. The first-order chi connectivity index (χ1) is 8.69. The Hall–Kier alpha value is -0.280. The Kier molecular flexibility index (Phi) is 7.16. The lowest BCUT2D eigenvalue weighted by Gasteiger charge is -2.32. The lowest BCUT2D eigenvalue weighted by atomic mass is 9.97. The molecule has 0 spiro atoms. The van der Waals surface area contributed by atoms with Crippen molar-refractivity contribution in [1.82, 2.24) is 10.2 Å². The number of hydrogen-bond donors (Lipinski definition) is 1. The number of piperidine rings is 1. The first-order valence-corrected chi connectivity index (χ1v) is 7.19. The zero-order chi connectivity index (χ0) is 13.0. The Bertz CT molecular complexity index is 394. The van der Waals surface area contributed by atoms with E-state index in [0.717, 1.165) is 29.6 Å². The summed E-state index contributed by atoms with van der Waals surface area (Å²) in [4.78, 5) is 2.55. The number of halogens is 2. The van der Waals surface area contributed by atoms with Crippen molar-refractivity contribution in [3.05, 3.63) is 34.3 Å². The van der Waals surface area contributed by atoms with Gasteiger partial charge in [-0.1, -0.05) is 23.7 Å². The fraction of sp³-hybridized carbons (Fsp3) is 0.600. The normalized spacial score (nSPS) is 20.1. The van der Waals surface area contributed by atoms with Crippen LogP contribution in [0.5, 0.6) is 0 Å². The number of benzene rings is 1. The van der Waals surface area contributed by atoms with Crippen molar-refractivity contribution in [3.63, 3.8) is 0 Å². The molecule has 0 radical (unpaired) electrons. The summed E-state index contributed by atoms with van der Waals surface area (Å²) in [6.07, 6.45) is 2.66. The van der Waals surface area contributed by atoms with Gasteiger partial charge in [0.2, 0.25) is 0 Å². The van der Waals surface area contributed by atoms with Gasteiger partial charge in [0.15, 0.2) is 0 Å². The van der Waals surface area contributed by atoms with Crippen LogP contribution in [-0.2, 0) is 6.54 Å². The number of rotatable bonds is 4. The van der Waals surface area contributed by atoms with Gasteiger partial charge in [0.25, 0.3) is 0 Å². The van der Waals surface area contributed by atoms with Gasteiger partial charge in [-0.15, -0.1) is 12.4 Å². The van der Waals surface area contributed by atoms with Crippen LogP contribution in [0.15, 0.2) is 18.2 Å². The van der Waals surface area contributed by atoms with Crippen LogP contribution in [0, 0.1) is 12.8 Å². The monoisotopic (exact) mass is 302 g/mol. The van der Waals surface area contributed by atoms with Crippen LogP contribution in [0.1, 0.15) is 24.0 Å². The van der Waals surface area contributed by atoms with E-state index in [-0.39, 0.29) is 12.4 Å². The first-order valence-electron chi connectivity index (χ1n) is 6.81. The van der Waals surface area contributed by atoms with Crippen molar-refractivity contribution in [3.8, 4) is 0 Å². The third-order valence-corrected chi connectivity index (χ3v) is 4.15. The molecule has 0 aliphatic carbocycles. The molecular weight excluding hydrogens is 279 g/mol. The topological polar surface area (TPSA) is 15.3 Å². The number of nitrogens with one attached hydrogen (secondary N) is 1. The maximum atomic E-state index is 6.18. The quantitative estimate of drug-likeness (QED) is 0.916. The molecule has 4 heteroatoms. The van der Waals surface area contributed by atoms with E-state index in [2.05, 4.69) is 35.3 Å². The zero-order valence-electron chi connectivity index (χ0n) is 11.8. The van der Waals surface area contributed by atoms with E-state index in [0.29, 0.717) is 0 Å². The van der Waals surface area contributed by atoms with Gasteiger partial charge in [-0.25, -0.2) is 0 Å². The molecule has 2 nitrogen and oxygen atoms in total. The van der Waals surface area contributed by atoms with E-state index in [9.17, 15) is 0 Å². The van der Waals surface area contributed by atoms with Crippen molar-refractivity contribution < 1.29 is 0 Å². The van der Waals surface area contributed by atoms with Crippen LogP contribution in [0.2, 0.25) is 5.02 Å². The van der Waals surface area contributed by atoms with E-state index in [1.165, 1.54) is 31.5 Å². The summed E-state index contributed by atoms with van der Waals surface area (Å²) in [5.41, 5.74) is 2.49. The first kappa shape index (κ1) is 16.8. The highest BCUT2D eigenvalue weighted by Gasteiger charge is 2.19. The highest BCUT2D eigenvalue weighted by atomic mass is 35.5. The zero-order valence-corrected chi connectivity index (χ0v) is 13.4. The third kappa shape index (κ3) is 4.96. The number of aryl methyl sites for hydroxylation is 1. The Morgan fingerprint density at radius 1 is 1.42 bits per heavy atom. The Balaban J connectivity index is 0.00000180. The second kappa shape index (κ2) is 8.11. The minimum atomic E-state index is 0. The van der Waals surface area contributed by atoms with Crippen molar-refractivity contribution >= 4 is 24.0 Å². The molecule has 0 aromatic heterocycles. The van der Waals surface area contributed by atoms with Crippen molar-refractivity contribution in [1.29, 1.82) is 0 Å². The summed E-state index contributed by atoms with van der Waals surface area (Å²) in [5.74, 6) is 0.796. The van der Waals surface area contributed by atoms with Crippen LogP contribution < -0.4 is 5.32 Å². The highest BCUT2D eigenvalue weighted by molar-refractivity contribution is 6.31. The second-order valence-electron chi connectivity index (χ2n) is 5.38. The van der Waals surface area contributed by atoms with Gasteiger partial charge in [0, 0.05) is 18.1 Å². The molecule has 0 saturated carbocycles. The van der Waals surface area contributed by atoms with Gasteiger partial charge in [0.1, 0.15) is 0 Å². The number of likely N-dealkylation sites (tertiary alicyclic amines) is 1. The maximum absolute atomic E-state index is 6.18. The summed E-state index contributed by atoms with van der Waals surface area (Å²) in [6.45, 7) is 6.62. The molecule has 1 aromatic rings. The molecule has 1 atom stereocenters. The molecule has 0 amide bonds. The van der Waals surface area contributed by atoms with Crippen LogP contribution in [0.25, 0.3) is 0 Å². The molecular formula is C15H24Cl2N2. The minimum absolute atomic E-state index is 0. The van der Waals surface area contributed by atoms with Gasteiger partial charge in [-0.05, 0) is 63.0 Å². The smallest absolute Gasteiger partial charge is 0.0438 e. The summed E-state index contributed by atoms with van der Waals surface area (Å²) in [7, 11) is 2.04. The van der Waals surface area contributed by atoms with Crippen molar-refractivity contribution in [2.24, 2.45) is 5.92 Å². The Morgan fingerprint density at radius 3 is 2.89 bits per heavy atom. The molecule has 2 rings (SSSR count). The molecule has 108 valence electrons. The van der Waals surface area contributed by atoms with Gasteiger partial charge < -0.3 is 5.32 Å². The van der Waals surface area contributed by atoms with Crippen LogP contribution in [-0.4, -0.2) is 31.6 Å². The van der Waals surface area contributed by atoms with Crippen LogP contribution in [0.3, 0.4) is 0 Å². The second-order valence-corrected chi connectivity index (χ2v) is 5.79. The van der Waals surface area contributed by atoms with Crippen LogP contribution >= 0.6 is 24.0 Å². The van der Waals surface area contributed by atoms with E-state index in [1.807, 2.05) is 7.05 Å². The molecule has 1 saturated heterocycles. The van der Waals surface area contributed by atoms with Gasteiger partial charge >= 0.3 is 0 Å². The highest BCUT2D eigenvalue weighted by Crippen LogP contribution is 2.21. The minimum Gasteiger partial charge on any atom is -0.319 e. The van der Waals surface area contributed by atoms with E-state index in [4.69, 9.17) is 11.6 Å². The molecule has 0 bridgehead atoms. The fourth-order valence-corrected chi connectivity index (χ4v) is 2.95. The van der Waals surface area contributed by atoms with Crippen LogP contribution in [0.4, 0.5) is 0 Å². The number of nitrogens with zero attached hydrogens (tertiary/aromatic N) is 1. The standard InChI is InChI=1S/C15H23ClN2.ClH/c1-12-5-6-13(8-15(12)16)10-18-7-3-4-14(11-18)9-17-2;/h5-6,8,14,17H,3-4,7,9-11H2,1-2H3;1H. The van der Waals surface area contributed by atoms with Gasteiger partial charge in [0.05, 0.1) is 0 Å². The Labute approximate surface area is 127 Å². The summed E-state index contributed by atoms with van der Waals surface area (Å²) >= 11 is 6.18. The van der Waals surface area contributed by atoms with Gasteiger partial charge in [-0.3, -0.25) is 4.90 Å². The van der Waals surface area contributed by atoms with E-state index < -0.39 is 0 Å². The molecule has 1 aliphatic heterocycles. The SMILES string of the molecule is CNCC1CCCN(Cc2ccc(C)c(Cl)c2)C1.Cl. The predicted octanol–water partition coefficient (Wildman–Crippen LogP) is 3.50. The summed E-state index contributed by atoms with van der Waals surface area (Å²) < 4.78 is 0. The molecule has 1 unspecified atom stereocenters. The van der Waals surface area contributed by atoms with Crippen molar-refractivity contribution in [2.75, 3.05) is 26.7 Å². The third-order valence-electron chi connectivity index (χ3n) is 3.74. The summed E-state index contributed by atoms with van der Waals surface area (Å²) in [5, 5.41) is 4.18. The van der Waals surface area contributed by atoms with Crippen molar-refractivity contribution in [2.45, 2.75) is 26.3 Å². The molecule has 1 aromatic carbocycles. The number of hydrogen-bond acceptors (Lipinski definition) is 2. The maximum Gasteiger partial charge on any atom is 0.0438 e. The lowest BCUT2D eigenvalue weighted by molar-refractivity contribution is 0.167. The average Bonchev–Trinajstić information content (AvgIpc) is 2.35. The lowest BCUT2D eigenvalue weighted by Crippen LogP contribution is -2.38. The van der Waals surface area contributed by atoms with E-state index >= 15 is 0 Å². The Morgan fingerprint density at radius 2 is 2.21 bits per heavy atom. The van der Waals surface area contributed by atoms with Gasteiger partial charge in [-0.2, -0.15) is 0 Å². The largest absolute Gasteiger partial charge is 0.319 e. The molecule has 19 heavy (non-hydrogen) atoms. The molecule has 1 fully saturated rings. The summed E-state index contributed by atoms with van der Waals surface area (Å²) in [6, 6.07) is 6.42. The van der Waals surface area contributed by atoms with E-state index in [1.54, 1.807) is 0 Å².